The lowest BCUT2D eigenvalue weighted by atomic mass is 9.95. The molecular formula is C12H18ClNO3S2. The van der Waals surface area contributed by atoms with Crippen LogP contribution in [0.1, 0.15) is 44.0 Å². The van der Waals surface area contributed by atoms with Gasteiger partial charge in [0.15, 0.2) is 0 Å². The van der Waals surface area contributed by atoms with E-state index < -0.39 is 9.05 Å². The van der Waals surface area contributed by atoms with Gasteiger partial charge in [-0.3, -0.25) is 4.79 Å². The van der Waals surface area contributed by atoms with Crippen LogP contribution in [0.5, 0.6) is 0 Å². The minimum atomic E-state index is -3.76. The first kappa shape index (κ1) is 16.5. The van der Waals surface area contributed by atoms with Gasteiger partial charge in [0.25, 0.3) is 15.0 Å². The summed E-state index contributed by atoms with van der Waals surface area (Å²) in [6.07, 6.45) is 1.98. The van der Waals surface area contributed by atoms with Crippen LogP contribution < -0.4 is 5.32 Å². The molecule has 7 heteroatoms. The maximum Gasteiger partial charge on any atom is 0.270 e. The molecule has 1 N–H and O–H groups in total. The van der Waals surface area contributed by atoms with Crippen molar-refractivity contribution in [2.75, 3.05) is 0 Å². The lowest BCUT2D eigenvalue weighted by Crippen LogP contribution is -2.37. The van der Waals surface area contributed by atoms with Crippen LogP contribution in [0.15, 0.2) is 15.7 Å². The van der Waals surface area contributed by atoms with E-state index in [0.717, 1.165) is 24.2 Å². The van der Waals surface area contributed by atoms with E-state index in [1.54, 1.807) is 0 Å². The second kappa shape index (κ2) is 6.72. The van der Waals surface area contributed by atoms with Crippen LogP contribution in [0.4, 0.5) is 0 Å². The largest absolute Gasteiger partial charge is 0.349 e. The molecule has 0 bridgehead atoms. The van der Waals surface area contributed by atoms with Crippen LogP contribution in [-0.4, -0.2) is 20.4 Å². The van der Waals surface area contributed by atoms with Gasteiger partial charge in [-0.15, -0.1) is 11.3 Å². The molecule has 1 atom stereocenters. The zero-order valence-corrected chi connectivity index (χ0v) is 13.5. The molecule has 1 amide bonds. The summed E-state index contributed by atoms with van der Waals surface area (Å²) in [6.45, 7) is 6.13. The van der Waals surface area contributed by atoms with Crippen LogP contribution in [0.3, 0.4) is 0 Å². The molecule has 1 aromatic rings. The number of thiophene rings is 1. The Morgan fingerprint density at radius 3 is 2.42 bits per heavy atom. The fourth-order valence-electron chi connectivity index (χ4n) is 1.97. The molecular weight excluding hydrogens is 306 g/mol. The lowest BCUT2D eigenvalue weighted by molar-refractivity contribution is 0.0925. The molecule has 1 heterocycles. The molecule has 1 rings (SSSR count). The number of halogens is 1. The van der Waals surface area contributed by atoms with Crippen molar-refractivity contribution in [1.82, 2.24) is 5.32 Å². The molecule has 0 saturated heterocycles. The van der Waals surface area contributed by atoms with Crippen molar-refractivity contribution in [3.8, 4) is 0 Å². The predicted molar refractivity (Wildman–Crippen MR) is 78.4 cm³/mol. The van der Waals surface area contributed by atoms with Crippen LogP contribution in [0.25, 0.3) is 0 Å². The number of rotatable bonds is 6. The number of hydrogen-bond donors (Lipinski definition) is 1. The molecule has 0 aliphatic rings. The smallest absolute Gasteiger partial charge is 0.270 e. The predicted octanol–water partition coefficient (Wildman–Crippen LogP) is 3.23. The van der Waals surface area contributed by atoms with Gasteiger partial charge in [-0.05, 0) is 18.9 Å². The number of carbonyl (C=O) groups is 1. The van der Waals surface area contributed by atoms with Crippen LogP contribution in [-0.2, 0) is 9.05 Å². The summed E-state index contributed by atoms with van der Waals surface area (Å²) in [4.78, 5) is 12.0. The Morgan fingerprint density at radius 1 is 1.42 bits per heavy atom. The van der Waals surface area contributed by atoms with Gasteiger partial charge < -0.3 is 5.32 Å². The zero-order valence-electron chi connectivity index (χ0n) is 11.1. The molecule has 19 heavy (non-hydrogen) atoms. The standard InChI is InChI=1S/C12H18ClNO3S2/c1-4-9(5-2)8(3)14-12(15)10-6-11(18-7-10)19(13,16)17/h6-9H,4-5H2,1-3H3,(H,14,15). The Balaban J connectivity index is 2.76. The summed E-state index contributed by atoms with van der Waals surface area (Å²) in [6, 6.07) is 1.36. The highest BCUT2D eigenvalue weighted by molar-refractivity contribution is 8.15. The second-order valence-corrected chi connectivity index (χ2v) is 8.13. The van der Waals surface area contributed by atoms with Gasteiger partial charge in [0.05, 0.1) is 5.56 Å². The normalized spacial score (nSPS) is 13.5. The van der Waals surface area contributed by atoms with Crippen molar-refractivity contribution in [2.45, 2.75) is 43.9 Å². The number of nitrogens with one attached hydrogen (secondary N) is 1. The first-order valence-corrected chi connectivity index (χ1v) is 9.32. The Labute approximate surface area is 122 Å². The van der Waals surface area contributed by atoms with E-state index >= 15 is 0 Å². The summed E-state index contributed by atoms with van der Waals surface area (Å²) in [7, 11) is 1.47. The Hall–Kier alpha value is -0.590. The Morgan fingerprint density at radius 2 is 2.00 bits per heavy atom. The molecule has 1 aromatic heterocycles. The average molecular weight is 324 g/mol. The van der Waals surface area contributed by atoms with Crippen molar-refractivity contribution in [3.05, 3.63) is 17.0 Å². The van der Waals surface area contributed by atoms with Gasteiger partial charge in [-0.2, -0.15) is 0 Å². The molecule has 0 saturated carbocycles. The van der Waals surface area contributed by atoms with Crippen molar-refractivity contribution >= 4 is 37.0 Å². The summed E-state index contributed by atoms with van der Waals surface area (Å²) in [5.41, 5.74) is 0.335. The highest BCUT2D eigenvalue weighted by Crippen LogP contribution is 2.24. The van der Waals surface area contributed by atoms with Crippen LogP contribution in [0.2, 0.25) is 0 Å². The van der Waals surface area contributed by atoms with Crippen molar-refractivity contribution in [3.63, 3.8) is 0 Å². The molecule has 0 fully saturated rings. The zero-order chi connectivity index (χ0) is 14.6. The minimum absolute atomic E-state index is 0.00509. The van der Waals surface area contributed by atoms with Gasteiger partial charge in [0, 0.05) is 22.1 Å². The number of carbonyl (C=O) groups excluding carboxylic acids is 1. The molecule has 0 radical (unpaired) electrons. The lowest BCUT2D eigenvalue weighted by Gasteiger charge is -2.22. The van der Waals surface area contributed by atoms with Gasteiger partial charge >= 0.3 is 0 Å². The summed E-state index contributed by atoms with van der Waals surface area (Å²) in [5.74, 6) is 0.154. The first-order chi connectivity index (χ1) is 8.79. The maximum absolute atomic E-state index is 12.0. The quantitative estimate of drug-likeness (QED) is 0.817. The van der Waals surface area contributed by atoms with E-state index in [9.17, 15) is 13.2 Å². The van der Waals surface area contributed by atoms with E-state index in [-0.39, 0.29) is 16.2 Å². The number of hydrogen-bond acceptors (Lipinski definition) is 4. The Bertz CT molecular complexity index is 535. The van der Waals surface area contributed by atoms with Crippen molar-refractivity contribution in [2.24, 2.45) is 5.92 Å². The minimum Gasteiger partial charge on any atom is -0.349 e. The van der Waals surface area contributed by atoms with Gasteiger partial charge in [-0.1, -0.05) is 26.7 Å². The monoisotopic (exact) mass is 323 g/mol. The molecule has 0 spiro atoms. The maximum atomic E-state index is 12.0. The SMILES string of the molecule is CCC(CC)C(C)NC(=O)c1csc(S(=O)(=O)Cl)c1. The van der Waals surface area contributed by atoms with Crippen molar-refractivity contribution in [1.29, 1.82) is 0 Å². The summed E-state index contributed by atoms with van der Waals surface area (Å²) >= 11 is 0.951. The van der Waals surface area contributed by atoms with E-state index in [1.807, 2.05) is 6.92 Å². The summed E-state index contributed by atoms with van der Waals surface area (Å²) in [5, 5.41) is 4.40. The molecule has 0 aliphatic carbocycles. The fourth-order valence-corrected chi connectivity index (χ4v) is 3.91. The topological polar surface area (TPSA) is 63.2 Å². The highest BCUT2D eigenvalue weighted by Gasteiger charge is 2.20. The number of amides is 1. The molecule has 0 aliphatic heterocycles. The highest BCUT2D eigenvalue weighted by atomic mass is 35.7. The second-order valence-electron chi connectivity index (χ2n) is 4.43. The molecule has 108 valence electrons. The van der Waals surface area contributed by atoms with Gasteiger partial charge in [0.2, 0.25) is 0 Å². The first-order valence-electron chi connectivity index (χ1n) is 6.13. The third kappa shape index (κ3) is 4.47. The van der Waals surface area contributed by atoms with Gasteiger partial charge in [0.1, 0.15) is 4.21 Å². The van der Waals surface area contributed by atoms with Crippen molar-refractivity contribution < 1.29 is 13.2 Å². The third-order valence-corrected chi connectivity index (χ3v) is 6.23. The van der Waals surface area contributed by atoms with E-state index in [0.29, 0.717) is 11.5 Å². The van der Waals surface area contributed by atoms with Crippen LogP contribution >= 0.6 is 22.0 Å². The van der Waals surface area contributed by atoms with Crippen LogP contribution in [0, 0.1) is 5.92 Å². The van der Waals surface area contributed by atoms with E-state index in [1.165, 1.54) is 11.4 Å². The van der Waals surface area contributed by atoms with E-state index in [4.69, 9.17) is 10.7 Å². The fraction of sp³-hybridized carbons (Fsp3) is 0.583. The van der Waals surface area contributed by atoms with Gasteiger partial charge in [-0.25, -0.2) is 8.42 Å². The molecule has 4 nitrogen and oxygen atoms in total. The van der Waals surface area contributed by atoms with E-state index in [2.05, 4.69) is 19.2 Å². The third-order valence-electron chi connectivity index (χ3n) is 3.19. The molecule has 0 aromatic carbocycles. The average Bonchev–Trinajstić information content (AvgIpc) is 2.79. The molecule has 1 unspecified atom stereocenters. The Kier molecular flexibility index (Phi) is 5.82. The summed E-state index contributed by atoms with van der Waals surface area (Å²) < 4.78 is 22.3.